The molecule has 0 spiro atoms. The molecule has 1 heterocycles. The normalized spacial score (nSPS) is 14.9. The van der Waals surface area contributed by atoms with Gasteiger partial charge in [0, 0.05) is 0 Å². The first kappa shape index (κ1) is 15.1. The zero-order valence-electron chi connectivity index (χ0n) is 11.2. The summed E-state index contributed by atoms with van der Waals surface area (Å²) < 4.78 is 27.4. The highest BCUT2D eigenvalue weighted by Gasteiger charge is 2.32. The van der Waals surface area contributed by atoms with Crippen LogP contribution >= 0.6 is 11.3 Å². The Morgan fingerprint density at radius 2 is 2.00 bits per heavy atom. The fourth-order valence-corrected chi connectivity index (χ4v) is 4.30. The Morgan fingerprint density at radius 1 is 1.35 bits per heavy atom. The summed E-state index contributed by atoms with van der Waals surface area (Å²) in [5.41, 5.74) is -0.370. The van der Waals surface area contributed by atoms with Crippen LogP contribution in [0.3, 0.4) is 0 Å². The summed E-state index contributed by atoms with van der Waals surface area (Å²) >= 11 is 1.10. The van der Waals surface area contributed by atoms with Crippen LogP contribution in [0.1, 0.15) is 17.5 Å². The molecule has 1 unspecified atom stereocenters. The lowest BCUT2D eigenvalue weighted by Crippen LogP contribution is -2.46. The minimum atomic E-state index is -3.71. The molecule has 0 amide bonds. The van der Waals surface area contributed by atoms with Crippen molar-refractivity contribution in [3.8, 4) is 0 Å². The lowest BCUT2D eigenvalue weighted by Gasteiger charge is -2.28. The molecule has 0 saturated carbocycles. The summed E-state index contributed by atoms with van der Waals surface area (Å²) in [5, 5.41) is 10.3. The average Bonchev–Trinajstić information content (AvgIpc) is 2.87. The van der Waals surface area contributed by atoms with Gasteiger partial charge in [0.15, 0.2) is 4.21 Å². The van der Waals surface area contributed by atoms with E-state index < -0.39 is 15.6 Å². The Hall–Kier alpha value is -1.28. The van der Waals surface area contributed by atoms with E-state index in [4.69, 9.17) is 0 Å². The molecule has 0 bridgehead atoms. The maximum absolute atomic E-state index is 12.3. The minimum Gasteiger partial charge on any atom is -0.394 e. The number of nitrogens with zero attached hydrogens (tertiary/aromatic N) is 1. The Kier molecular flexibility index (Phi) is 4.24. The highest BCUT2D eigenvalue weighted by atomic mass is 32.2. The number of benzene rings is 1. The zero-order valence-corrected chi connectivity index (χ0v) is 12.8. The molecule has 2 rings (SSSR count). The molecule has 1 aromatic heterocycles. The topological polar surface area (TPSA) is 79.3 Å². The molecule has 0 saturated heterocycles. The summed E-state index contributed by atoms with van der Waals surface area (Å²) in [6, 6.07) is 8.98. The first-order chi connectivity index (χ1) is 9.37. The Morgan fingerprint density at radius 3 is 2.50 bits per heavy atom. The van der Waals surface area contributed by atoms with Gasteiger partial charge in [0.05, 0.1) is 23.4 Å². The highest BCUT2D eigenvalue weighted by molar-refractivity contribution is 7.91. The molecular formula is C13H16N2O3S2. The summed E-state index contributed by atoms with van der Waals surface area (Å²) in [5.74, 6) is 0. The molecule has 0 radical (unpaired) electrons. The van der Waals surface area contributed by atoms with Crippen LogP contribution in [0.25, 0.3) is 0 Å². The summed E-state index contributed by atoms with van der Waals surface area (Å²) in [4.78, 5) is 3.95. The van der Waals surface area contributed by atoms with Gasteiger partial charge < -0.3 is 5.11 Å². The van der Waals surface area contributed by atoms with Crippen LogP contribution in [-0.2, 0) is 15.6 Å². The van der Waals surface area contributed by atoms with Crippen molar-refractivity contribution in [1.82, 2.24) is 9.71 Å². The summed E-state index contributed by atoms with van der Waals surface area (Å²) in [6.07, 6.45) is 1.32. The van der Waals surface area contributed by atoms with Crippen LogP contribution in [0.2, 0.25) is 0 Å². The lowest BCUT2D eigenvalue weighted by molar-refractivity contribution is 0.196. The standard InChI is InChI=1S/C13H16N2O3S2/c1-10-14-8-12(19-10)20(17,18)15-13(2,9-16)11-6-4-3-5-7-11/h3-8,15-16H,9H2,1-2H3. The van der Waals surface area contributed by atoms with Gasteiger partial charge in [-0.3, -0.25) is 0 Å². The maximum atomic E-state index is 12.3. The van der Waals surface area contributed by atoms with Crippen LogP contribution in [0.5, 0.6) is 0 Å². The number of aliphatic hydroxyl groups is 1. The van der Waals surface area contributed by atoms with Crippen LogP contribution < -0.4 is 4.72 Å². The predicted molar refractivity (Wildman–Crippen MR) is 78.1 cm³/mol. The number of aromatic nitrogens is 1. The number of hydrogen-bond acceptors (Lipinski definition) is 5. The van der Waals surface area contributed by atoms with E-state index >= 15 is 0 Å². The number of nitrogens with one attached hydrogen (secondary N) is 1. The smallest absolute Gasteiger partial charge is 0.252 e. The van der Waals surface area contributed by atoms with Crippen molar-refractivity contribution in [1.29, 1.82) is 0 Å². The lowest BCUT2D eigenvalue weighted by atomic mass is 9.94. The van der Waals surface area contributed by atoms with Gasteiger partial charge in [0.1, 0.15) is 0 Å². The Labute approximate surface area is 122 Å². The van der Waals surface area contributed by atoms with Gasteiger partial charge in [-0.15, -0.1) is 11.3 Å². The number of rotatable bonds is 5. The fraction of sp³-hybridized carbons (Fsp3) is 0.308. The average molecular weight is 312 g/mol. The Balaban J connectivity index is 2.35. The van der Waals surface area contributed by atoms with Gasteiger partial charge in [0.2, 0.25) is 0 Å². The van der Waals surface area contributed by atoms with Crippen molar-refractivity contribution in [3.05, 3.63) is 47.1 Å². The molecule has 0 aliphatic rings. The van der Waals surface area contributed by atoms with Crippen molar-refractivity contribution in [3.63, 3.8) is 0 Å². The van der Waals surface area contributed by atoms with Crippen molar-refractivity contribution in [2.75, 3.05) is 6.61 Å². The molecule has 2 N–H and O–H groups in total. The van der Waals surface area contributed by atoms with Gasteiger partial charge in [-0.2, -0.15) is 4.72 Å². The third kappa shape index (κ3) is 3.06. The first-order valence-electron chi connectivity index (χ1n) is 6.00. The molecule has 0 fully saturated rings. The van der Waals surface area contributed by atoms with Gasteiger partial charge in [0.25, 0.3) is 10.0 Å². The number of aryl methyl sites for hydroxylation is 1. The number of thiazole rings is 1. The van der Waals surface area contributed by atoms with E-state index in [-0.39, 0.29) is 10.8 Å². The van der Waals surface area contributed by atoms with Gasteiger partial charge in [-0.05, 0) is 19.4 Å². The van der Waals surface area contributed by atoms with E-state index in [9.17, 15) is 13.5 Å². The van der Waals surface area contributed by atoms with Crippen molar-refractivity contribution in [2.24, 2.45) is 0 Å². The monoisotopic (exact) mass is 312 g/mol. The zero-order chi connectivity index (χ0) is 14.8. The molecule has 0 aliphatic heterocycles. The van der Waals surface area contributed by atoms with Gasteiger partial charge in [-0.1, -0.05) is 30.3 Å². The van der Waals surface area contributed by atoms with E-state index in [1.807, 2.05) is 6.07 Å². The molecule has 5 nitrogen and oxygen atoms in total. The first-order valence-corrected chi connectivity index (χ1v) is 8.30. The predicted octanol–water partition coefficient (Wildman–Crippen LogP) is 1.64. The van der Waals surface area contributed by atoms with Crippen LogP contribution in [0, 0.1) is 6.92 Å². The van der Waals surface area contributed by atoms with E-state index in [0.29, 0.717) is 10.6 Å². The fourth-order valence-electron chi connectivity index (χ4n) is 1.80. The van der Waals surface area contributed by atoms with Crippen LogP contribution in [-0.4, -0.2) is 25.1 Å². The second kappa shape index (κ2) is 5.61. The van der Waals surface area contributed by atoms with E-state index in [1.54, 1.807) is 38.1 Å². The van der Waals surface area contributed by atoms with Crippen LogP contribution in [0.4, 0.5) is 0 Å². The van der Waals surface area contributed by atoms with Crippen molar-refractivity contribution >= 4 is 21.4 Å². The molecule has 7 heteroatoms. The van der Waals surface area contributed by atoms with Crippen LogP contribution in [0.15, 0.2) is 40.7 Å². The van der Waals surface area contributed by atoms with Crippen molar-refractivity contribution in [2.45, 2.75) is 23.6 Å². The number of hydrogen-bond donors (Lipinski definition) is 2. The van der Waals surface area contributed by atoms with E-state index in [1.165, 1.54) is 6.20 Å². The number of sulfonamides is 1. The van der Waals surface area contributed by atoms with Gasteiger partial charge in [-0.25, -0.2) is 13.4 Å². The molecule has 2 aromatic rings. The summed E-state index contributed by atoms with van der Waals surface area (Å²) in [7, 11) is -3.71. The van der Waals surface area contributed by atoms with Gasteiger partial charge >= 0.3 is 0 Å². The molecule has 20 heavy (non-hydrogen) atoms. The molecule has 1 atom stereocenters. The maximum Gasteiger partial charge on any atom is 0.252 e. The SMILES string of the molecule is Cc1ncc(S(=O)(=O)NC(C)(CO)c2ccccc2)s1. The quantitative estimate of drug-likeness (QED) is 0.879. The molecular weight excluding hydrogens is 296 g/mol. The molecule has 108 valence electrons. The minimum absolute atomic E-state index is 0.144. The third-order valence-electron chi connectivity index (χ3n) is 2.95. The Bertz CT molecular complexity index is 683. The van der Waals surface area contributed by atoms with E-state index in [0.717, 1.165) is 11.3 Å². The summed E-state index contributed by atoms with van der Waals surface area (Å²) in [6.45, 7) is 3.05. The highest BCUT2D eigenvalue weighted by Crippen LogP contribution is 2.25. The molecule has 1 aromatic carbocycles. The van der Waals surface area contributed by atoms with Crippen molar-refractivity contribution < 1.29 is 13.5 Å². The largest absolute Gasteiger partial charge is 0.394 e. The third-order valence-corrected chi connectivity index (χ3v) is 5.92. The number of aliphatic hydroxyl groups excluding tert-OH is 1. The molecule has 0 aliphatic carbocycles. The van der Waals surface area contributed by atoms with E-state index in [2.05, 4.69) is 9.71 Å². The second-order valence-electron chi connectivity index (χ2n) is 4.66. The second-order valence-corrected chi connectivity index (χ2v) is 7.80.